The van der Waals surface area contributed by atoms with Crippen molar-refractivity contribution in [3.63, 3.8) is 0 Å². The quantitative estimate of drug-likeness (QED) is 0.608. The lowest BCUT2D eigenvalue weighted by molar-refractivity contribution is 0.221. The van der Waals surface area contributed by atoms with E-state index < -0.39 is 0 Å². The monoisotopic (exact) mass is 198 g/mol. The van der Waals surface area contributed by atoms with Crippen LogP contribution in [-0.2, 0) is 0 Å². The van der Waals surface area contributed by atoms with Gasteiger partial charge in [-0.2, -0.15) is 0 Å². The molecule has 0 aromatic carbocycles. The minimum absolute atomic E-state index is 0.372. The van der Waals surface area contributed by atoms with E-state index >= 15 is 0 Å². The molecule has 0 aromatic rings. The van der Waals surface area contributed by atoms with Crippen LogP contribution in [0.3, 0.4) is 0 Å². The van der Waals surface area contributed by atoms with Crippen molar-refractivity contribution in [1.29, 1.82) is 0 Å². The van der Waals surface area contributed by atoms with Gasteiger partial charge in [-0.25, -0.2) is 0 Å². The maximum absolute atomic E-state index is 9.00. The largest absolute Gasteiger partial charge is 0.396 e. The van der Waals surface area contributed by atoms with Crippen molar-refractivity contribution in [2.45, 2.75) is 31.7 Å². The van der Waals surface area contributed by atoms with Gasteiger partial charge in [-0.1, -0.05) is 0 Å². The standard InChI is InChI=1S/C11H22N2O/c14-9-10-4-7-13(8-10)6-1-5-12-11-2-3-11/h10-12,14H,1-9H2. The normalized spacial score (nSPS) is 28.5. The van der Waals surface area contributed by atoms with E-state index in [1.165, 1.54) is 45.3 Å². The van der Waals surface area contributed by atoms with Crippen LogP contribution in [0.15, 0.2) is 0 Å². The molecule has 0 spiro atoms. The summed E-state index contributed by atoms with van der Waals surface area (Å²) in [6, 6.07) is 0.846. The van der Waals surface area contributed by atoms with Crippen LogP contribution in [0.2, 0.25) is 0 Å². The molecule has 0 amide bonds. The third kappa shape index (κ3) is 3.23. The second-order valence-corrected chi connectivity index (χ2v) is 4.72. The van der Waals surface area contributed by atoms with Crippen molar-refractivity contribution >= 4 is 0 Å². The molecule has 82 valence electrons. The molecule has 1 atom stereocenters. The van der Waals surface area contributed by atoms with Crippen molar-refractivity contribution in [2.75, 3.05) is 32.8 Å². The molecule has 0 aromatic heterocycles. The predicted molar refractivity (Wildman–Crippen MR) is 57.3 cm³/mol. The molecule has 1 aliphatic heterocycles. The third-order valence-corrected chi connectivity index (χ3v) is 3.29. The molecule has 2 N–H and O–H groups in total. The fourth-order valence-electron chi connectivity index (χ4n) is 2.16. The zero-order valence-corrected chi connectivity index (χ0v) is 8.91. The zero-order valence-electron chi connectivity index (χ0n) is 8.91. The number of aliphatic hydroxyl groups excluding tert-OH is 1. The SMILES string of the molecule is OCC1CCN(CCCNC2CC2)C1. The molecular formula is C11H22N2O. The molecule has 3 heteroatoms. The van der Waals surface area contributed by atoms with Crippen molar-refractivity contribution < 1.29 is 5.11 Å². The van der Waals surface area contributed by atoms with E-state index in [1.54, 1.807) is 0 Å². The summed E-state index contributed by atoms with van der Waals surface area (Å²) in [7, 11) is 0. The van der Waals surface area contributed by atoms with Gasteiger partial charge in [-0.05, 0) is 51.2 Å². The lowest BCUT2D eigenvalue weighted by atomic mass is 10.1. The van der Waals surface area contributed by atoms with Crippen LogP contribution >= 0.6 is 0 Å². The summed E-state index contributed by atoms with van der Waals surface area (Å²) in [6.45, 7) is 5.05. The van der Waals surface area contributed by atoms with Crippen molar-refractivity contribution in [3.8, 4) is 0 Å². The molecule has 0 bridgehead atoms. The van der Waals surface area contributed by atoms with Gasteiger partial charge in [0.2, 0.25) is 0 Å². The lowest BCUT2D eigenvalue weighted by Gasteiger charge is -2.15. The Kier molecular flexibility index (Phi) is 3.79. The Morgan fingerprint density at radius 2 is 2.14 bits per heavy atom. The number of nitrogens with zero attached hydrogens (tertiary/aromatic N) is 1. The predicted octanol–water partition coefficient (Wildman–Crippen LogP) is 0.443. The van der Waals surface area contributed by atoms with Gasteiger partial charge in [0.1, 0.15) is 0 Å². The molecule has 1 saturated carbocycles. The van der Waals surface area contributed by atoms with Crippen molar-refractivity contribution in [1.82, 2.24) is 10.2 Å². The van der Waals surface area contributed by atoms with Gasteiger partial charge in [0.15, 0.2) is 0 Å². The van der Waals surface area contributed by atoms with Crippen molar-refractivity contribution in [2.24, 2.45) is 5.92 Å². The second-order valence-electron chi connectivity index (χ2n) is 4.72. The van der Waals surface area contributed by atoms with Crippen LogP contribution in [-0.4, -0.2) is 48.8 Å². The molecule has 14 heavy (non-hydrogen) atoms. The maximum Gasteiger partial charge on any atom is 0.0471 e. The zero-order chi connectivity index (χ0) is 9.80. The Morgan fingerprint density at radius 1 is 1.29 bits per heavy atom. The van der Waals surface area contributed by atoms with Gasteiger partial charge in [-0.3, -0.25) is 0 Å². The Hall–Kier alpha value is -0.120. The van der Waals surface area contributed by atoms with Crippen LogP contribution in [0, 0.1) is 5.92 Å². The van der Waals surface area contributed by atoms with Gasteiger partial charge in [-0.15, -0.1) is 0 Å². The first kappa shape index (κ1) is 10.4. The van der Waals surface area contributed by atoms with Gasteiger partial charge < -0.3 is 15.3 Å². The maximum atomic E-state index is 9.00. The molecule has 2 rings (SSSR count). The number of hydrogen-bond acceptors (Lipinski definition) is 3. The molecule has 0 radical (unpaired) electrons. The molecule has 2 fully saturated rings. The number of aliphatic hydroxyl groups is 1. The first-order valence-corrected chi connectivity index (χ1v) is 5.95. The van der Waals surface area contributed by atoms with Crippen molar-refractivity contribution in [3.05, 3.63) is 0 Å². The van der Waals surface area contributed by atoms with Crippen LogP contribution in [0.5, 0.6) is 0 Å². The van der Waals surface area contributed by atoms with Crippen LogP contribution < -0.4 is 5.32 Å². The average molecular weight is 198 g/mol. The molecule has 1 saturated heterocycles. The summed E-state index contributed by atoms with van der Waals surface area (Å²) in [5.74, 6) is 0.548. The van der Waals surface area contributed by atoms with Crippen LogP contribution in [0.25, 0.3) is 0 Å². The molecule has 1 heterocycles. The van der Waals surface area contributed by atoms with E-state index in [-0.39, 0.29) is 0 Å². The summed E-state index contributed by atoms with van der Waals surface area (Å²) in [6.07, 6.45) is 5.22. The highest BCUT2D eigenvalue weighted by Gasteiger charge is 2.22. The fraction of sp³-hybridized carbons (Fsp3) is 1.00. The summed E-state index contributed by atoms with van der Waals surface area (Å²) in [5, 5.41) is 12.5. The minimum Gasteiger partial charge on any atom is -0.396 e. The Balaban J connectivity index is 1.48. The van der Waals surface area contributed by atoms with E-state index in [4.69, 9.17) is 5.11 Å². The Bertz CT molecular complexity index is 171. The summed E-state index contributed by atoms with van der Waals surface area (Å²) >= 11 is 0. The first-order valence-electron chi connectivity index (χ1n) is 5.95. The second kappa shape index (κ2) is 5.10. The molecule has 1 unspecified atom stereocenters. The molecular weight excluding hydrogens is 176 g/mol. The van der Waals surface area contributed by atoms with Crippen LogP contribution in [0.4, 0.5) is 0 Å². The number of rotatable bonds is 6. The average Bonchev–Trinajstić information content (AvgIpc) is 2.91. The molecule has 1 aliphatic carbocycles. The van der Waals surface area contributed by atoms with E-state index in [0.717, 1.165) is 12.6 Å². The highest BCUT2D eigenvalue weighted by molar-refractivity contribution is 4.81. The topological polar surface area (TPSA) is 35.5 Å². The van der Waals surface area contributed by atoms with Gasteiger partial charge in [0.05, 0.1) is 0 Å². The number of nitrogens with one attached hydrogen (secondary N) is 1. The lowest BCUT2D eigenvalue weighted by Crippen LogP contribution is -2.26. The van der Waals surface area contributed by atoms with Gasteiger partial charge in [0, 0.05) is 19.2 Å². The van der Waals surface area contributed by atoms with E-state index in [9.17, 15) is 0 Å². The number of likely N-dealkylation sites (tertiary alicyclic amines) is 1. The summed E-state index contributed by atoms with van der Waals surface area (Å²) < 4.78 is 0. The smallest absolute Gasteiger partial charge is 0.0471 e. The number of hydrogen-bond donors (Lipinski definition) is 2. The molecule has 3 nitrogen and oxygen atoms in total. The van der Waals surface area contributed by atoms with Crippen LogP contribution in [0.1, 0.15) is 25.7 Å². The van der Waals surface area contributed by atoms with Gasteiger partial charge in [0.25, 0.3) is 0 Å². The summed E-state index contributed by atoms with van der Waals surface area (Å²) in [4.78, 5) is 2.48. The fourth-order valence-corrected chi connectivity index (χ4v) is 2.16. The Morgan fingerprint density at radius 3 is 2.79 bits per heavy atom. The van der Waals surface area contributed by atoms with Gasteiger partial charge >= 0.3 is 0 Å². The minimum atomic E-state index is 0.372. The molecule has 2 aliphatic rings. The summed E-state index contributed by atoms with van der Waals surface area (Å²) in [5.41, 5.74) is 0. The first-order chi connectivity index (χ1) is 6.88. The van der Waals surface area contributed by atoms with E-state index in [1.807, 2.05) is 0 Å². The highest BCUT2D eigenvalue weighted by Crippen LogP contribution is 2.18. The van der Waals surface area contributed by atoms with E-state index in [2.05, 4.69) is 10.2 Å². The Labute approximate surface area is 86.5 Å². The third-order valence-electron chi connectivity index (χ3n) is 3.29. The highest BCUT2D eigenvalue weighted by atomic mass is 16.3. The van der Waals surface area contributed by atoms with E-state index in [0.29, 0.717) is 12.5 Å².